The first-order valence-corrected chi connectivity index (χ1v) is 11.9. The van der Waals surface area contributed by atoms with Crippen LogP contribution in [0, 0.1) is 0 Å². The van der Waals surface area contributed by atoms with Crippen molar-refractivity contribution in [1.82, 2.24) is 15.1 Å². The lowest BCUT2D eigenvalue weighted by Crippen LogP contribution is -2.32. The topological polar surface area (TPSA) is 89.7 Å². The van der Waals surface area contributed by atoms with Crippen LogP contribution in [0.15, 0.2) is 28.7 Å². The van der Waals surface area contributed by atoms with Gasteiger partial charge in [0.15, 0.2) is 11.5 Å². The maximum atomic E-state index is 12.6. The van der Waals surface area contributed by atoms with Gasteiger partial charge >= 0.3 is 0 Å². The second-order valence-electron chi connectivity index (χ2n) is 7.98. The van der Waals surface area contributed by atoms with Crippen LogP contribution in [0.25, 0.3) is 10.8 Å². The summed E-state index contributed by atoms with van der Waals surface area (Å²) < 4.78 is 17.0. The van der Waals surface area contributed by atoms with Gasteiger partial charge in [0.05, 0.1) is 18.0 Å². The van der Waals surface area contributed by atoms with Crippen molar-refractivity contribution in [3.8, 4) is 22.3 Å². The highest BCUT2D eigenvalue weighted by Gasteiger charge is 2.19. The SMILES string of the molecule is CCN(CC(=O)Nc1ccc2c(c1)OCCO2)Cc1nnc(-c2cc3c(s2)CCCC3)o1. The van der Waals surface area contributed by atoms with Crippen LogP contribution in [0.5, 0.6) is 11.5 Å². The number of aryl methyl sites for hydroxylation is 2. The van der Waals surface area contributed by atoms with E-state index in [-0.39, 0.29) is 12.5 Å². The van der Waals surface area contributed by atoms with Crippen molar-refractivity contribution in [3.63, 3.8) is 0 Å². The normalized spacial score (nSPS) is 14.9. The molecule has 8 nitrogen and oxygen atoms in total. The van der Waals surface area contributed by atoms with E-state index in [0.717, 1.165) is 17.7 Å². The van der Waals surface area contributed by atoms with Crippen LogP contribution in [-0.4, -0.2) is 47.3 Å². The molecule has 0 radical (unpaired) electrons. The van der Waals surface area contributed by atoms with Crippen LogP contribution in [0.2, 0.25) is 0 Å². The summed E-state index contributed by atoms with van der Waals surface area (Å²) in [5, 5.41) is 11.4. The third-order valence-electron chi connectivity index (χ3n) is 5.67. The van der Waals surface area contributed by atoms with E-state index in [0.29, 0.717) is 55.3 Å². The van der Waals surface area contributed by atoms with Crippen LogP contribution < -0.4 is 14.8 Å². The standard InChI is InChI=1S/C23H26N4O4S/c1-2-27(13-21(28)24-16-7-8-17-18(12-16)30-10-9-29-17)14-22-25-26-23(31-22)20-11-15-5-3-4-6-19(15)32-20/h7-8,11-12H,2-6,9-10,13-14H2,1H3,(H,24,28). The highest BCUT2D eigenvalue weighted by Crippen LogP contribution is 2.35. The quantitative estimate of drug-likeness (QED) is 0.579. The van der Waals surface area contributed by atoms with Gasteiger partial charge in [-0.15, -0.1) is 21.5 Å². The molecule has 3 aromatic rings. The van der Waals surface area contributed by atoms with Crippen molar-refractivity contribution < 1.29 is 18.7 Å². The van der Waals surface area contributed by atoms with E-state index in [4.69, 9.17) is 13.9 Å². The molecule has 1 amide bonds. The maximum absolute atomic E-state index is 12.6. The second kappa shape index (κ2) is 9.30. The molecule has 9 heteroatoms. The average Bonchev–Trinajstić information content (AvgIpc) is 3.45. The Bertz CT molecular complexity index is 1090. The van der Waals surface area contributed by atoms with Crippen molar-refractivity contribution in [2.24, 2.45) is 0 Å². The molecule has 3 heterocycles. The van der Waals surface area contributed by atoms with Gasteiger partial charge in [0.1, 0.15) is 13.2 Å². The Morgan fingerprint density at radius 2 is 1.97 bits per heavy atom. The fraction of sp³-hybridized carbons (Fsp3) is 0.435. The molecule has 2 aromatic heterocycles. The van der Waals surface area contributed by atoms with E-state index in [1.165, 1.54) is 23.3 Å². The molecule has 2 aliphatic rings. The summed E-state index contributed by atoms with van der Waals surface area (Å²) in [5.41, 5.74) is 2.10. The Balaban J connectivity index is 1.19. The number of likely N-dealkylation sites (N-methyl/N-ethyl adjacent to an activating group) is 1. The number of hydrogen-bond acceptors (Lipinski definition) is 8. The van der Waals surface area contributed by atoms with Gasteiger partial charge in [0, 0.05) is 16.6 Å². The average molecular weight is 455 g/mol. The van der Waals surface area contributed by atoms with Crippen LogP contribution in [-0.2, 0) is 24.2 Å². The maximum Gasteiger partial charge on any atom is 0.257 e. The van der Waals surface area contributed by atoms with E-state index in [9.17, 15) is 4.79 Å². The lowest BCUT2D eigenvalue weighted by atomic mass is 9.99. The van der Waals surface area contributed by atoms with Crippen molar-refractivity contribution in [2.75, 3.05) is 31.6 Å². The summed E-state index contributed by atoms with van der Waals surface area (Å²) in [5.74, 6) is 2.31. The number of rotatable bonds is 7. The summed E-state index contributed by atoms with van der Waals surface area (Å²) in [7, 11) is 0. The Morgan fingerprint density at radius 1 is 1.12 bits per heavy atom. The summed E-state index contributed by atoms with van der Waals surface area (Å²) in [4.78, 5) is 17.0. The number of nitrogens with one attached hydrogen (secondary N) is 1. The number of anilines is 1. The predicted octanol–water partition coefficient (Wildman–Crippen LogP) is 3.91. The predicted molar refractivity (Wildman–Crippen MR) is 121 cm³/mol. The number of aromatic nitrogens is 2. The number of nitrogens with zero attached hydrogens (tertiary/aromatic N) is 3. The Labute approximate surface area is 190 Å². The zero-order valence-electron chi connectivity index (χ0n) is 18.1. The summed E-state index contributed by atoms with van der Waals surface area (Å²) in [6.45, 7) is 4.37. The molecular weight excluding hydrogens is 428 g/mol. The van der Waals surface area contributed by atoms with Crippen molar-refractivity contribution in [1.29, 1.82) is 0 Å². The van der Waals surface area contributed by atoms with E-state index in [1.807, 2.05) is 24.0 Å². The van der Waals surface area contributed by atoms with Gasteiger partial charge in [-0.1, -0.05) is 6.92 Å². The number of carbonyl (C=O) groups excluding carboxylic acids is 1. The van der Waals surface area contributed by atoms with Crippen molar-refractivity contribution in [3.05, 3.63) is 40.6 Å². The lowest BCUT2D eigenvalue weighted by Gasteiger charge is -2.20. The second-order valence-corrected chi connectivity index (χ2v) is 9.11. The molecule has 0 unspecified atom stereocenters. The molecule has 1 aliphatic heterocycles. The van der Waals surface area contributed by atoms with E-state index in [1.54, 1.807) is 17.4 Å². The van der Waals surface area contributed by atoms with Crippen LogP contribution in [0.4, 0.5) is 5.69 Å². The number of thiophene rings is 1. The van der Waals surface area contributed by atoms with Crippen LogP contribution in [0.3, 0.4) is 0 Å². The minimum Gasteiger partial charge on any atom is -0.486 e. The molecule has 5 rings (SSSR count). The monoisotopic (exact) mass is 454 g/mol. The summed E-state index contributed by atoms with van der Waals surface area (Å²) in [6.07, 6.45) is 4.78. The van der Waals surface area contributed by atoms with Gasteiger partial charge in [0.2, 0.25) is 11.8 Å². The molecule has 32 heavy (non-hydrogen) atoms. The molecule has 168 valence electrons. The first-order valence-electron chi connectivity index (χ1n) is 11.0. The molecule has 1 aromatic carbocycles. The fourth-order valence-electron chi connectivity index (χ4n) is 4.01. The largest absolute Gasteiger partial charge is 0.486 e. The zero-order chi connectivity index (χ0) is 21.9. The van der Waals surface area contributed by atoms with E-state index < -0.39 is 0 Å². The zero-order valence-corrected chi connectivity index (χ0v) is 18.9. The number of fused-ring (bicyclic) bond motifs is 2. The van der Waals surface area contributed by atoms with Gasteiger partial charge in [-0.05, 0) is 56.0 Å². The number of ether oxygens (including phenoxy) is 2. The smallest absolute Gasteiger partial charge is 0.257 e. The lowest BCUT2D eigenvalue weighted by molar-refractivity contribution is -0.117. The molecule has 1 aliphatic carbocycles. The minimum absolute atomic E-state index is 0.116. The first-order chi connectivity index (χ1) is 15.7. The van der Waals surface area contributed by atoms with Gasteiger partial charge in [-0.2, -0.15) is 0 Å². The number of carbonyl (C=O) groups is 1. The minimum atomic E-state index is -0.116. The highest BCUT2D eigenvalue weighted by atomic mass is 32.1. The Kier molecular flexibility index (Phi) is 6.09. The molecule has 0 saturated carbocycles. The van der Waals surface area contributed by atoms with Gasteiger partial charge in [-0.3, -0.25) is 9.69 Å². The van der Waals surface area contributed by atoms with Crippen molar-refractivity contribution in [2.45, 2.75) is 39.2 Å². The highest BCUT2D eigenvalue weighted by molar-refractivity contribution is 7.15. The van der Waals surface area contributed by atoms with Gasteiger partial charge in [0.25, 0.3) is 5.89 Å². The summed E-state index contributed by atoms with van der Waals surface area (Å²) >= 11 is 1.75. The third kappa shape index (κ3) is 4.63. The van der Waals surface area contributed by atoms with Crippen LogP contribution >= 0.6 is 11.3 Å². The van der Waals surface area contributed by atoms with E-state index >= 15 is 0 Å². The third-order valence-corrected chi connectivity index (χ3v) is 6.90. The van der Waals surface area contributed by atoms with Crippen molar-refractivity contribution >= 4 is 22.9 Å². The molecule has 1 N–H and O–H groups in total. The molecule has 0 fully saturated rings. The first kappa shape index (κ1) is 21.0. The fourth-order valence-corrected chi connectivity index (χ4v) is 5.18. The van der Waals surface area contributed by atoms with Gasteiger partial charge < -0.3 is 19.2 Å². The van der Waals surface area contributed by atoms with Gasteiger partial charge in [-0.25, -0.2) is 0 Å². The Morgan fingerprint density at radius 3 is 2.81 bits per heavy atom. The molecule has 0 spiro atoms. The number of amides is 1. The summed E-state index contributed by atoms with van der Waals surface area (Å²) in [6, 6.07) is 7.60. The molecule has 0 bridgehead atoms. The number of benzene rings is 1. The molecule has 0 atom stereocenters. The number of hydrogen-bond donors (Lipinski definition) is 1. The molecular formula is C23H26N4O4S. The van der Waals surface area contributed by atoms with Crippen LogP contribution in [0.1, 0.15) is 36.1 Å². The van der Waals surface area contributed by atoms with E-state index in [2.05, 4.69) is 21.6 Å². The molecule has 0 saturated heterocycles. The Hall–Kier alpha value is -2.91.